The number of halogens is 1. The molecule has 0 fully saturated rings. The van der Waals surface area contributed by atoms with Crippen molar-refractivity contribution in [1.29, 1.82) is 0 Å². The summed E-state index contributed by atoms with van der Waals surface area (Å²) >= 11 is 5.93. The van der Waals surface area contributed by atoms with Crippen molar-refractivity contribution in [2.45, 2.75) is 45.2 Å². The van der Waals surface area contributed by atoms with Crippen LogP contribution in [0.5, 0.6) is 0 Å². The molecule has 1 N–H and O–H groups in total. The summed E-state index contributed by atoms with van der Waals surface area (Å²) < 4.78 is 1.77. The van der Waals surface area contributed by atoms with E-state index in [1.165, 1.54) is 30.5 Å². The van der Waals surface area contributed by atoms with E-state index in [9.17, 15) is 4.79 Å². The number of carbonyl (C=O) groups excluding carboxylic acids is 1. The minimum atomic E-state index is -0.0300. The molecule has 0 saturated carbocycles. The first-order valence-corrected chi connectivity index (χ1v) is 8.15. The minimum Gasteiger partial charge on any atom is -0.350 e. The normalized spacial score (nSPS) is 14.2. The summed E-state index contributed by atoms with van der Waals surface area (Å²) in [7, 11) is 0. The number of aryl methyl sites for hydroxylation is 2. The predicted octanol–water partition coefficient (Wildman–Crippen LogP) is 3.12. The lowest BCUT2D eigenvalue weighted by Gasteiger charge is -2.06. The maximum absolute atomic E-state index is 12.0. The van der Waals surface area contributed by atoms with Gasteiger partial charge in [-0.2, -0.15) is 5.10 Å². The summed E-state index contributed by atoms with van der Waals surface area (Å²) in [5.74, 6) is -0.0300. The Morgan fingerprint density at radius 2 is 2.14 bits per heavy atom. The second-order valence-corrected chi connectivity index (χ2v) is 6.20. The smallest absolute Gasteiger partial charge is 0.241 e. The van der Waals surface area contributed by atoms with Gasteiger partial charge >= 0.3 is 0 Å². The van der Waals surface area contributed by atoms with Gasteiger partial charge in [0.05, 0.1) is 5.69 Å². The molecule has 22 heavy (non-hydrogen) atoms. The Morgan fingerprint density at radius 3 is 3.00 bits per heavy atom. The molecule has 1 aliphatic carbocycles. The van der Waals surface area contributed by atoms with Gasteiger partial charge in [0.15, 0.2) is 0 Å². The van der Waals surface area contributed by atoms with Gasteiger partial charge < -0.3 is 5.32 Å². The second-order valence-electron chi connectivity index (χ2n) is 5.77. The predicted molar refractivity (Wildman–Crippen MR) is 86.8 cm³/mol. The van der Waals surface area contributed by atoms with Crippen molar-refractivity contribution in [2.24, 2.45) is 0 Å². The number of rotatable bonds is 4. The summed E-state index contributed by atoms with van der Waals surface area (Å²) in [5.41, 5.74) is 3.47. The fraction of sp³-hybridized carbons (Fsp3) is 0.412. The molecule has 1 aromatic heterocycles. The molecule has 1 aliphatic rings. The quantitative estimate of drug-likeness (QED) is 0.881. The van der Waals surface area contributed by atoms with Gasteiger partial charge in [-0.3, -0.25) is 9.48 Å². The first kappa shape index (κ1) is 15.1. The molecule has 3 rings (SSSR count). The second kappa shape index (κ2) is 6.97. The van der Waals surface area contributed by atoms with Crippen molar-refractivity contribution >= 4 is 17.5 Å². The van der Waals surface area contributed by atoms with Gasteiger partial charge in [-0.25, -0.2) is 0 Å². The SMILES string of the molecule is O=C(Cn1cc2c(n1)CCCCC2)NCc1cccc(Cl)c1. The van der Waals surface area contributed by atoms with E-state index >= 15 is 0 Å². The largest absolute Gasteiger partial charge is 0.350 e. The van der Waals surface area contributed by atoms with Crippen LogP contribution in [0.25, 0.3) is 0 Å². The highest BCUT2D eigenvalue weighted by molar-refractivity contribution is 6.30. The summed E-state index contributed by atoms with van der Waals surface area (Å²) in [6.45, 7) is 0.758. The zero-order valence-corrected chi connectivity index (χ0v) is 13.3. The Balaban J connectivity index is 1.55. The van der Waals surface area contributed by atoms with Crippen LogP contribution in [0.3, 0.4) is 0 Å². The zero-order chi connectivity index (χ0) is 15.4. The van der Waals surface area contributed by atoms with Gasteiger partial charge in [-0.15, -0.1) is 0 Å². The van der Waals surface area contributed by atoms with Crippen LogP contribution in [0.1, 0.15) is 36.1 Å². The number of nitrogens with one attached hydrogen (secondary N) is 1. The fourth-order valence-electron chi connectivity index (χ4n) is 2.84. The minimum absolute atomic E-state index is 0.0300. The van der Waals surface area contributed by atoms with E-state index in [4.69, 9.17) is 11.6 Å². The van der Waals surface area contributed by atoms with E-state index in [2.05, 4.69) is 10.4 Å². The molecule has 0 unspecified atom stereocenters. The van der Waals surface area contributed by atoms with Crippen molar-refractivity contribution in [3.63, 3.8) is 0 Å². The molecule has 1 amide bonds. The van der Waals surface area contributed by atoms with Crippen molar-refractivity contribution in [2.75, 3.05) is 0 Å². The van der Waals surface area contributed by atoms with Crippen LogP contribution in [0.15, 0.2) is 30.5 Å². The Labute approximate surface area is 135 Å². The van der Waals surface area contributed by atoms with E-state index in [1.807, 2.05) is 30.5 Å². The Bertz CT molecular complexity index is 642. The maximum Gasteiger partial charge on any atom is 0.241 e. The topological polar surface area (TPSA) is 46.9 Å². The average Bonchev–Trinajstić information content (AvgIpc) is 2.74. The van der Waals surface area contributed by atoms with Crippen molar-refractivity contribution in [3.05, 3.63) is 52.3 Å². The van der Waals surface area contributed by atoms with Crippen LogP contribution in [-0.2, 0) is 30.7 Å². The number of aromatic nitrogens is 2. The van der Waals surface area contributed by atoms with Crippen LogP contribution in [0.2, 0.25) is 5.02 Å². The molecule has 0 atom stereocenters. The average molecular weight is 318 g/mol. The molecule has 0 aliphatic heterocycles. The molecule has 0 spiro atoms. The molecule has 116 valence electrons. The Kier molecular flexibility index (Phi) is 4.78. The van der Waals surface area contributed by atoms with Crippen LogP contribution < -0.4 is 5.32 Å². The van der Waals surface area contributed by atoms with Crippen LogP contribution in [-0.4, -0.2) is 15.7 Å². The molecular formula is C17H20ClN3O. The number of hydrogen-bond acceptors (Lipinski definition) is 2. The molecule has 4 nitrogen and oxygen atoms in total. The summed E-state index contributed by atoms with van der Waals surface area (Å²) in [6.07, 6.45) is 7.84. The molecule has 0 bridgehead atoms. The van der Waals surface area contributed by atoms with Crippen molar-refractivity contribution in [3.8, 4) is 0 Å². The number of nitrogens with zero attached hydrogens (tertiary/aromatic N) is 2. The highest BCUT2D eigenvalue weighted by atomic mass is 35.5. The molecule has 0 radical (unpaired) electrons. The molecule has 1 aromatic carbocycles. The number of amides is 1. The van der Waals surface area contributed by atoms with Gasteiger partial charge in [0.2, 0.25) is 5.91 Å². The van der Waals surface area contributed by atoms with Crippen LogP contribution >= 0.6 is 11.6 Å². The molecule has 5 heteroatoms. The maximum atomic E-state index is 12.0. The lowest BCUT2D eigenvalue weighted by atomic mass is 10.1. The Morgan fingerprint density at radius 1 is 1.27 bits per heavy atom. The summed E-state index contributed by atoms with van der Waals surface area (Å²) in [5, 5.41) is 8.15. The summed E-state index contributed by atoms with van der Waals surface area (Å²) in [6, 6.07) is 7.51. The van der Waals surface area contributed by atoms with Gasteiger partial charge in [0, 0.05) is 17.8 Å². The van der Waals surface area contributed by atoms with E-state index in [-0.39, 0.29) is 12.5 Å². The van der Waals surface area contributed by atoms with Gasteiger partial charge in [-0.1, -0.05) is 30.2 Å². The number of hydrogen-bond donors (Lipinski definition) is 1. The lowest BCUT2D eigenvalue weighted by molar-refractivity contribution is -0.122. The molecule has 2 aromatic rings. The molecule has 1 heterocycles. The first-order chi connectivity index (χ1) is 10.7. The van der Waals surface area contributed by atoms with Crippen LogP contribution in [0, 0.1) is 0 Å². The fourth-order valence-corrected chi connectivity index (χ4v) is 3.05. The highest BCUT2D eigenvalue weighted by Gasteiger charge is 2.13. The van der Waals surface area contributed by atoms with Crippen molar-refractivity contribution < 1.29 is 4.79 Å². The third-order valence-electron chi connectivity index (χ3n) is 3.97. The number of benzene rings is 1. The van der Waals surface area contributed by atoms with Crippen molar-refractivity contribution in [1.82, 2.24) is 15.1 Å². The zero-order valence-electron chi connectivity index (χ0n) is 12.5. The van der Waals surface area contributed by atoms with E-state index in [0.717, 1.165) is 18.4 Å². The van der Waals surface area contributed by atoms with E-state index in [1.54, 1.807) is 4.68 Å². The van der Waals surface area contributed by atoms with E-state index < -0.39 is 0 Å². The third kappa shape index (κ3) is 3.89. The molecular weight excluding hydrogens is 298 g/mol. The first-order valence-electron chi connectivity index (χ1n) is 7.77. The number of fused-ring (bicyclic) bond motifs is 1. The number of carbonyl (C=O) groups is 1. The van der Waals surface area contributed by atoms with Gasteiger partial charge in [0.1, 0.15) is 6.54 Å². The Hall–Kier alpha value is -1.81. The highest BCUT2D eigenvalue weighted by Crippen LogP contribution is 2.19. The van der Waals surface area contributed by atoms with Gasteiger partial charge in [-0.05, 0) is 48.9 Å². The summed E-state index contributed by atoms with van der Waals surface area (Å²) in [4.78, 5) is 12.0. The monoisotopic (exact) mass is 317 g/mol. The lowest BCUT2D eigenvalue weighted by Crippen LogP contribution is -2.27. The van der Waals surface area contributed by atoms with Gasteiger partial charge in [0.25, 0.3) is 0 Å². The standard InChI is InChI=1S/C17H20ClN3O/c18-15-7-4-5-13(9-15)10-19-17(22)12-21-11-14-6-2-1-3-8-16(14)20-21/h4-5,7,9,11H,1-3,6,8,10,12H2,(H,19,22). The third-order valence-corrected chi connectivity index (χ3v) is 4.20. The van der Waals surface area contributed by atoms with Crippen LogP contribution in [0.4, 0.5) is 0 Å². The molecule has 0 saturated heterocycles. The van der Waals surface area contributed by atoms with E-state index in [0.29, 0.717) is 11.6 Å².